The molecule has 0 aliphatic rings. The number of carbonyl (C=O) groups is 1. The number of aryl methyl sites for hydroxylation is 1. The Hall–Kier alpha value is -4.01. The van der Waals surface area contributed by atoms with Crippen molar-refractivity contribution in [1.82, 2.24) is 30.0 Å². The van der Waals surface area contributed by atoms with Gasteiger partial charge in [-0.05, 0) is 39.8 Å². The largest absolute Gasteiger partial charge is 0.303 e. The van der Waals surface area contributed by atoms with Gasteiger partial charge in [-0.1, -0.05) is 18.2 Å². The molecule has 0 unspecified atom stereocenters. The summed E-state index contributed by atoms with van der Waals surface area (Å²) in [7, 11) is 0. The van der Waals surface area contributed by atoms with Crippen molar-refractivity contribution in [3.05, 3.63) is 75.6 Å². The molecule has 31 heavy (non-hydrogen) atoms. The fourth-order valence-electron chi connectivity index (χ4n) is 3.65. The van der Waals surface area contributed by atoms with Crippen molar-refractivity contribution in [2.24, 2.45) is 5.10 Å². The van der Waals surface area contributed by atoms with E-state index in [1.54, 1.807) is 36.7 Å². The van der Waals surface area contributed by atoms with Gasteiger partial charge in [0.25, 0.3) is 11.5 Å². The predicted molar refractivity (Wildman–Crippen MR) is 119 cm³/mol. The van der Waals surface area contributed by atoms with Gasteiger partial charge < -0.3 is 4.57 Å². The third-order valence-corrected chi connectivity index (χ3v) is 5.12. The summed E-state index contributed by atoms with van der Waals surface area (Å²) < 4.78 is 4.06. The molecule has 0 spiro atoms. The molecule has 0 aliphatic carbocycles. The second-order valence-electron chi connectivity index (χ2n) is 7.54. The number of aromatic amines is 1. The van der Waals surface area contributed by atoms with Crippen LogP contribution >= 0.6 is 0 Å². The monoisotopic (exact) mass is 417 g/mol. The van der Waals surface area contributed by atoms with E-state index in [0.29, 0.717) is 10.8 Å². The van der Waals surface area contributed by atoms with Crippen LogP contribution in [-0.4, -0.2) is 36.7 Å². The molecular weight excluding hydrogens is 394 g/mol. The molecule has 0 saturated heterocycles. The number of hydrogen-bond acceptors (Lipinski definition) is 5. The zero-order valence-electron chi connectivity index (χ0n) is 17.7. The number of fused-ring (bicyclic) bond motifs is 1. The molecule has 0 fully saturated rings. The molecule has 1 amide bonds. The van der Waals surface area contributed by atoms with E-state index >= 15 is 0 Å². The van der Waals surface area contributed by atoms with Crippen LogP contribution in [0.2, 0.25) is 0 Å². The van der Waals surface area contributed by atoms with E-state index in [1.807, 2.05) is 30.7 Å². The lowest BCUT2D eigenvalue weighted by molar-refractivity contribution is 0.0951. The molecule has 0 radical (unpaired) electrons. The number of H-pyrrole nitrogens is 1. The highest BCUT2D eigenvalue weighted by molar-refractivity contribution is 6.04. The van der Waals surface area contributed by atoms with Crippen LogP contribution in [0, 0.1) is 13.8 Å². The number of carbonyl (C=O) groups excluding carboxylic acids is 1. The fraction of sp³-hybridized carbons (Fsp3) is 0.227. The van der Waals surface area contributed by atoms with Gasteiger partial charge in [-0.25, -0.2) is 15.2 Å². The molecule has 0 saturated carbocycles. The predicted octanol–water partition coefficient (Wildman–Crippen LogP) is 2.87. The van der Waals surface area contributed by atoms with Crippen molar-refractivity contribution in [2.75, 3.05) is 0 Å². The van der Waals surface area contributed by atoms with Crippen LogP contribution in [-0.2, 0) is 0 Å². The molecule has 1 aromatic carbocycles. The van der Waals surface area contributed by atoms with Crippen molar-refractivity contribution in [1.29, 1.82) is 0 Å². The van der Waals surface area contributed by atoms with Gasteiger partial charge >= 0.3 is 0 Å². The average Bonchev–Trinajstić information content (AvgIpc) is 3.32. The molecule has 0 bridgehead atoms. The van der Waals surface area contributed by atoms with Crippen LogP contribution in [0.25, 0.3) is 16.6 Å². The molecule has 3 heterocycles. The maximum absolute atomic E-state index is 12.6. The molecule has 4 rings (SSSR count). The third-order valence-electron chi connectivity index (χ3n) is 5.12. The molecule has 0 atom stereocenters. The summed E-state index contributed by atoms with van der Waals surface area (Å²) >= 11 is 0. The summed E-state index contributed by atoms with van der Waals surface area (Å²) in [5.74, 6) is 0.466. The van der Waals surface area contributed by atoms with Crippen LogP contribution in [0.1, 0.15) is 47.3 Å². The molecular formula is C22H23N7O2. The zero-order valence-corrected chi connectivity index (χ0v) is 17.7. The van der Waals surface area contributed by atoms with Crippen LogP contribution in [0.4, 0.5) is 0 Å². The minimum atomic E-state index is -0.504. The van der Waals surface area contributed by atoms with E-state index in [1.165, 1.54) is 0 Å². The first-order chi connectivity index (χ1) is 14.9. The topological polar surface area (TPSA) is 110 Å². The fourth-order valence-corrected chi connectivity index (χ4v) is 3.65. The van der Waals surface area contributed by atoms with Crippen molar-refractivity contribution in [3.8, 4) is 5.82 Å². The zero-order chi connectivity index (χ0) is 22.1. The van der Waals surface area contributed by atoms with Crippen molar-refractivity contribution in [3.63, 3.8) is 0 Å². The van der Waals surface area contributed by atoms with Gasteiger partial charge in [0.15, 0.2) is 5.69 Å². The van der Waals surface area contributed by atoms with E-state index < -0.39 is 5.91 Å². The molecule has 4 aromatic rings. The van der Waals surface area contributed by atoms with Crippen molar-refractivity contribution in [2.45, 2.75) is 33.7 Å². The van der Waals surface area contributed by atoms with Gasteiger partial charge in [0.1, 0.15) is 5.82 Å². The number of hydrazone groups is 1. The van der Waals surface area contributed by atoms with Crippen molar-refractivity contribution < 1.29 is 4.79 Å². The second-order valence-corrected chi connectivity index (χ2v) is 7.54. The maximum Gasteiger partial charge on any atom is 0.292 e. The van der Waals surface area contributed by atoms with Crippen LogP contribution in [0.3, 0.4) is 0 Å². The van der Waals surface area contributed by atoms with Gasteiger partial charge in [0.2, 0.25) is 0 Å². The lowest BCUT2D eigenvalue weighted by Crippen LogP contribution is -2.22. The number of rotatable bonds is 5. The Morgan fingerprint density at radius 3 is 2.68 bits per heavy atom. The third kappa shape index (κ3) is 3.65. The summed E-state index contributed by atoms with van der Waals surface area (Å²) in [6.45, 7) is 8.16. The van der Waals surface area contributed by atoms with Crippen molar-refractivity contribution >= 4 is 22.9 Å². The lowest BCUT2D eigenvalue weighted by Gasteiger charge is -2.14. The van der Waals surface area contributed by atoms with Crippen LogP contribution < -0.4 is 11.0 Å². The minimum absolute atomic E-state index is 0.110. The number of hydrogen-bond donors (Lipinski definition) is 2. The van der Waals surface area contributed by atoms with E-state index in [4.69, 9.17) is 0 Å². The minimum Gasteiger partial charge on any atom is -0.303 e. The first-order valence-electron chi connectivity index (χ1n) is 9.92. The Labute approximate surface area is 178 Å². The molecule has 0 aliphatic heterocycles. The van der Waals surface area contributed by atoms with Gasteiger partial charge in [-0.3, -0.25) is 9.59 Å². The molecule has 158 valence electrons. The van der Waals surface area contributed by atoms with E-state index in [0.717, 1.165) is 22.8 Å². The van der Waals surface area contributed by atoms with Gasteiger partial charge in [0, 0.05) is 34.4 Å². The summed E-state index contributed by atoms with van der Waals surface area (Å²) in [5, 5.41) is 15.6. The van der Waals surface area contributed by atoms with Gasteiger partial charge in [-0.2, -0.15) is 15.3 Å². The molecule has 9 heteroatoms. The quantitative estimate of drug-likeness (QED) is 0.384. The van der Waals surface area contributed by atoms with E-state index in [2.05, 4.69) is 44.2 Å². The summed E-state index contributed by atoms with van der Waals surface area (Å²) in [6, 6.07) is 11.0. The normalized spacial score (nSPS) is 11.6. The Morgan fingerprint density at radius 2 is 1.94 bits per heavy atom. The highest BCUT2D eigenvalue weighted by atomic mass is 16.2. The summed E-state index contributed by atoms with van der Waals surface area (Å²) in [5.41, 5.74) is 5.14. The van der Waals surface area contributed by atoms with E-state index in [-0.39, 0.29) is 17.3 Å². The van der Waals surface area contributed by atoms with Gasteiger partial charge in [0.05, 0.1) is 17.8 Å². The van der Waals surface area contributed by atoms with Crippen LogP contribution in [0.5, 0.6) is 0 Å². The molecule has 2 N–H and O–H groups in total. The van der Waals surface area contributed by atoms with Gasteiger partial charge in [-0.15, -0.1) is 0 Å². The number of nitrogens with zero attached hydrogens (tertiary/aromatic N) is 5. The number of nitrogens with one attached hydrogen (secondary N) is 2. The Kier molecular flexibility index (Phi) is 5.24. The van der Waals surface area contributed by atoms with E-state index in [9.17, 15) is 9.59 Å². The highest BCUT2D eigenvalue weighted by Gasteiger charge is 2.16. The molecule has 9 nitrogen and oxygen atoms in total. The first-order valence-corrected chi connectivity index (χ1v) is 9.92. The van der Waals surface area contributed by atoms with Crippen LogP contribution in [0.15, 0.2) is 52.5 Å². The SMILES string of the molecule is Cc1cc(/C=N\NC(=O)c2n[nH]c(=O)c3ccccc23)c(C)n1-c1ccnn1C(C)C. The maximum atomic E-state index is 12.6. The highest BCUT2D eigenvalue weighted by Crippen LogP contribution is 2.21. The number of amides is 1. The summed E-state index contributed by atoms with van der Waals surface area (Å²) in [4.78, 5) is 24.5. The number of benzene rings is 1. The Bertz CT molecular complexity index is 1360. The number of aromatic nitrogens is 5. The lowest BCUT2D eigenvalue weighted by atomic mass is 10.1. The Morgan fingerprint density at radius 1 is 1.19 bits per heavy atom. The standard InChI is InChI=1S/C22H23N7O2/c1-13(2)29-19(9-10-24-29)28-14(3)11-16(15(28)4)12-23-26-22(31)20-17-7-5-6-8-18(17)21(30)27-25-20/h5-13H,1-4H3,(H,26,31)(H,27,30)/b23-12-. The average molecular weight is 417 g/mol. The molecule has 3 aromatic heterocycles. The second kappa shape index (κ2) is 8.02. The summed E-state index contributed by atoms with van der Waals surface area (Å²) in [6.07, 6.45) is 3.38. The first kappa shape index (κ1) is 20.3. The Balaban J connectivity index is 1.60. The smallest absolute Gasteiger partial charge is 0.292 e.